The monoisotopic (exact) mass is 488 g/mol. The fourth-order valence-electron chi connectivity index (χ4n) is 3.07. The van der Waals surface area contributed by atoms with Crippen LogP contribution < -0.4 is 10.1 Å². The molecule has 0 spiro atoms. The van der Waals surface area contributed by atoms with Gasteiger partial charge in [0.05, 0.1) is 18.4 Å². The van der Waals surface area contributed by atoms with Gasteiger partial charge >= 0.3 is 5.97 Å². The number of amides is 1. The molecule has 3 rings (SSSR count). The first-order valence-corrected chi connectivity index (χ1v) is 12.4. The van der Waals surface area contributed by atoms with Crippen molar-refractivity contribution < 1.29 is 19.1 Å². The van der Waals surface area contributed by atoms with Crippen LogP contribution in [0, 0.1) is 13.8 Å². The van der Waals surface area contributed by atoms with Crippen LogP contribution in [0.5, 0.6) is 5.75 Å². The Morgan fingerprint density at radius 3 is 2.61 bits per heavy atom. The number of anilines is 1. The van der Waals surface area contributed by atoms with E-state index in [2.05, 4.69) is 22.4 Å². The Labute approximate surface area is 201 Å². The second kappa shape index (κ2) is 11.3. The molecule has 0 saturated heterocycles. The molecule has 0 aliphatic rings. The smallest absolute Gasteiger partial charge is 0.340 e. The third-order valence-electron chi connectivity index (χ3n) is 5.08. The molecule has 3 aromatic rings. The summed E-state index contributed by atoms with van der Waals surface area (Å²) in [6.07, 6.45) is 0.770. The van der Waals surface area contributed by atoms with E-state index in [1.165, 1.54) is 41.3 Å². The third-order valence-corrected chi connectivity index (χ3v) is 7.24. The summed E-state index contributed by atoms with van der Waals surface area (Å²) in [4.78, 5) is 25.6. The van der Waals surface area contributed by atoms with Crippen molar-refractivity contribution in [2.75, 3.05) is 18.2 Å². The molecular formula is C23H28N4O4S2. The number of nitrogens with one attached hydrogen (secondary N) is 1. The molecule has 1 aromatic carbocycles. The molecule has 0 radical (unpaired) electrons. The van der Waals surface area contributed by atoms with E-state index in [-0.39, 0.29) is 18.3 Å². The molecule has 0 atom stereocenters. The van der Waals surface area contributed by atoms with Gasteiger partial charge in [-0.3, -0.25) is 4.79 Å². The van der Waals surface area contributed by atoms with Crippen LogP contribution in [0.2, 0.25) is 0 Å². The second-order valence-corrected chi connectivity index (χ2v) is 9.39. The topological polar surface area (TPSA) is 95.3 Å². The highest BCUT2D eigenvalue weighted by atomic mass is 32.2. The number of thioether (sulfide) groups is 1. The number of hydrogen-bond acceptors (Lipinski definition) is 8. The Hall–Kier alpha value is -2.85. The molecule has 8 nitrogen and oxygen atoms in total. The molecule has 176 valence electrons. The summed E-state index contributed by atoms with van der Waals surface area (Å²) >= 11 is 2.67. The van der Waals surface area contributed by atoms with Gasteiger partial charge in [0.15, 0.2) is 11.0 Å². The van der Waals surface area contributed by atoms with E-state index >= 15 is 0 Å². The molecule has 0 bridgehead atoms. The minimum Gasteiger partial charge on any atom is -0.486 e. The molecule has 1 amide bonds. The predicted molar refractivity (Wildman–Crippen MR) is 130 cm³/mol. The summed E-state index contributed by atoms with van der Waals surface area (Å²) in [6, 6.07) is 7.72. The van der Waals surface area contributed by atoms with Gasteiger partial charge < -0.3 is 19.4 Å². The lowest BCUT2D eigenvalue weighted by Gasteiger charge is -2.10. The average Bonchev–Trinajstić information content (AvgIpc) is 3.41. The number of carbonyl (C=O) groups is 2. The summed E-state index contributed by atoms with van der Waals surface area (Å²) in [6.45, 7) is 9.03. The Kier molecular flexibility index (Phi) is 8.51. The predicted octanol–water partition coefficient (Wildman–Crippen LogP) is 4.64. The Bertz CT molecular complexity index is 1140. The first-order chi connectivity index (χ1) is 15.9. The summed E-state index contributed by atoms with van der Waals surface area (Å²) in [7, 11) is 1.33. The highest BCUT2D eigenvalue weighted by molar-refractivity contribution is 7.99. The van der Waals surface area contributed by atoms with Crippen LogP contribution in [-0.4, -0.2) is 39.5 Å². The van der Waals surface area contributed by atoms with E-state index in [1.807, 2.05) is 43.5 Å². The maximum absolute atomic E-state index is 12.6. The molecule has 2 aromatic heterocycles. The molecule has 33 heavy (non-hydrogen) atoms. The van der Waals surface area contributed by atoms with E-state index in [1.54, 1.807) is 6.07 Å². The van der Waals surface area contributed by atoms with Gasteiger partial charge in [0, 0.05) is 11.4 Å². The van der Waals surface area contributed by atoms with E-state index in [0.717, 1.165) is 17.0 Å². The number of thiophene rings is 1. The average molecular weight is 489 g/mol. The molecule has 0 aliphatic heterocycles. The quantitative estimate of drug-likeness (QED) is 0.328. The lowest BCUT2D eigenvalue weighted by atomic mass is 10.1. The standard InChI is InChI=1S/C23H28N4O4S2/c1-6-17-11-18(22(29)30-5)21(33-17)24-20(28)13-32-23-26-25-19(27(23)7-2)12-31-16-9-8-14(3)15(4)10-16/h8-11H,6-7,12-13H2,1-5H3,(H,24,28). The minimum absolute atomic E-state index is 0.135. The molecular weight excluding hydrogens is 460 g/mol. The lowest BCUT2D eigenvalue weighted by Crippen LogP contribution is -2.16. The summed E-state index contributed by atoms with van der Waals surface area (Å²) < 4.78 is 12.6. The number of esters is 1. The van der Waals surface area contributed by atoms with Gasteiger partial charge in [-0.1, -0.05) is 24.8 Å². The fourth-order valence-corrected chi connectivity index (χ4v) is 4.89. The van der Waals surface area contributed by atoms with Crippen LogP contribution in [0.3, 0.4) is 0 Å². The van der Waals surface area contributed by atoms with E-state index in [4.69, 9.17) is 9.47 Å². The van der Waals surface area contributed by atoms with Crippen molar-refractivity contribution in [3.8, 4) is 5.75 Å². The van der Waals surface area contributed by atoms with Gasteiger partial charge in [0.25, 0.3) is 0 Å². The summed E-state index contributed by atoms with van der Waals surface area (Å²) in [5.74, 6) is 0.913. The van der Waals surface area contributed by atoms with Gasteiger partial charge in [-0.25, -0.2) is 4.79 Å². The number of methoxy groups -OCH3 is 1. The minimum atomic E-state index is -0.465. The van der Waals surface area contributed by atoms with Crippen molar-refractivity contribution in [3.63, 3.8) is 0 Å². The van der Waals surface area contributed by atoms with Gasteiger partial charge in [0.1, 0.15) is 17.4 Å². The van der Waals surface area contributed by atoms with Gasteiger partial charge in [-0.15, -0.1) is 21.5 Å². The number of hydrogen-bond donors (Lipinski definition) is 1. The number of carbonyl (C=O) groups excluding carboxylic acids is 2. The number of aryl methyl sites for hydroxylation is 3. The summed E-state index contributed by atoms with van der Waals surface area (Å²) in [5, 5.41) is 12.4. The second-order valence-electron chi connectivity index (χ2n) is 7.32. The molecule has 0 aliphatic carbocycles. The van der Waals surface area contributed by atoms with E-state index in [9.17, 15) is 9.59 Å². The SMILES string of the molecule is CCc1cc(C(=O)OC)c(NC(=O)CSc2nnc(COc3ccc(C)c(C)c3)n2CC)s1. The number of aromatic nitrogens is 3. The zero-order chi connectivity index (χ0) is 24.0. The largest absolute Gasteiger partial charge is 0.486 e. The van der Waals surface area contributed by atoms with Crippen LogP contribution >= 0.6 is 23.1 Å². The highest BCUT2D eigenvalue weighted by Gasteiger charge is 2.19. The maximum Gasteiger partial charge on any atom is 0.340 e. The van der Waals surface area contributed by atoms with E-state index in [0.29, 0.717) is 28.1 Å². The van der Waals surface area contributed by atoms with Crippen LogP contribution in [-0.2, 0) is 29.1 Å². The van der Waals surface area contributed by atoms with Crippen molar-refractivity contribution in [1.29, 1.82) is 0 Å². The number of rotatable bonds is 10. The number of benzene rings is 1. The van der Waals surface area contributed by atoms with Crippen LogP contribution in [0.1, 0.15) is 46.0 Å². The van der Waals surface area contributed by atoms with Gasteiger partial charge in [0.2, 0.25) is 5.91 Å². The summed E-state index contributed by atoms with van der Waals surface area (Å²) in [5.41, 5.74) is 2.75. The number of ether oxygens (including phenoxy) is 2. The van der Waals surface area contributed by atoms with Crippen molar-refractivity contribution in [3.05, 3.63) is 51.7 Å². The normalized spacial score (nSPS) is 10.8. The first-order valence-electron chi connectivity index (χ1n) is 10.6. The zero-order valence-electron chi connectivity index (χ0n) is 19.4. The molecule has 2 heterocycles. The van der Waals surface area contributed by atoms with Crippen LogP contribution in [0.4, 0.5) is 5.00 Å². The Morgan fingerprint density at radius 1 is 1.15 bits per heavy atom. The Morgan fingerprint density at radius 2 is 1.94 bits per heavy atom. The highest BCUT2D eigenvalue weighted by Crippen LogP contribution is 2.30. The fraction of sp³-hybridized carbons (Fsp3) is 0.391. The van der Waals surface area contributed by atoms with Gasteiger partial charge in [-0.2, -0.15) is 0 Å². The molecule has 0 unspecified atom stereocenters. The van der Waals surface area contributed by atoms with Crippen LogP contribution in [0.25, 0.3) is 0 Å². The van der Waals surface area contributed by atoms with Crippen molar-refractivity contribution >= 4 is 40.0 Å². The molecule has 1 N–H and O–H groups in total. The number of nitrogens with zero attached hydrogens (tertiary/aromatic N) is 3. The molecule has 10 heteroatoms. The van der Waals surface area contributed by atoms with E-state index < -0.39 is 5.97 Å². The maximum atomic E-state index is 12.6. The zero-order valence-corrected chi connectivity index (χ0v) is 21.1. The van der Waals surface area contributed by atoms with Crippen molar-refractivity contribution in [1.82, 2.24) is 14.8 Å². The van der Waals surface area contributed by atoms with Gasteiger partial charge in [-0.05, 0) is 56.5 Å². The van der Waals surface area contributed by atoms with Crippen molar-refractivity contribution in [2.45, 2.75) is 52.4 Å². The lowest BCUT2D eigenvalue weighted by molar-refractivity contribution is -0.113. The van der Waals surface area contributed by atoms with Crippen molar-refractivity contribution in [2.24, 2.45) is 0 Å². The Balaban J connectivity index is 1.62. The van der Waals surface area contributed by atoms with Crippen LogP contribution in [0.15, 0.2) is 29.4 Å². The first kappa shape index (κ1) is 24.8. The third kappa shape index (κ3) is 6.14. The molecule has 0 fully saturated rings. The molecule has 0 saturated carbocycles.